The third-order valence-corrected chi connectivity index (χ3v) is 3.87. The van der Waals surface area contributed by atoms with Gasteiger partial charge in [-0.1, -0.05) is 24.3 Å². The van der Waals surface area contributed by atoms with Crippen molar-refractivity contribution < 1.29 is 17.9 Å². The second-order valence-electron chi connectivity index (χ2n) is 4.55. The van der Waals surface area contributed by atoms with Crippen LogP contribution in [0.1, 0.15) is 16.2 Å². The molecule has 0 saturated carbocycles. The molecule has 0 saturated heterocycles. The van der Waals surface area contributed by atoms with E-state index in [0.29, 0.717) is 5.69 Å². The van der Waals surface area contributed by atoms with Crippen LogP contribution in [0.4, 0.5) is 0 Å². The summed E-state index contributed by atoms with van der Waals surface area (Å²) >= 11 is 0. The molecule has 6 heteroatoms. The predicted molar refractivity (Wildman–Crippen MR) is 76.5 cm³/mol. The summed E-state index contributed by atoms with van der Waals surface area (Å²) in [4.78, 5) is 15.8. The van der Waals surface area contributed by atoms with E-state index in [2.05, 4.69) is 9.72 Å². The number of methoxy groups -OCH3 is 1. The van der Waals surface area contributed by atoms with Crippen LogP contribution in [0.25, 0.3) is 10.8 Å². The molecule has 1 aromatic heterocycles. The van der Waals surface area contributed by atoms with E-state index in [0.717, 1.165) is 10.8 Å². The molecule has 0 atom stereocenters. The zero-order valence-corrected chi connectivity index (χ0v) is 12.1. The standard InChI is InChI=1S/C14H15NO4S/c1-19-14(16)13-9-10-5-3-4-6-11(10)12(15-13)7-8-20(2,17)18/h3-6,9H,7-8H2,1-2H3. The van der Waals surface area contributed by atoms with Crippen LogP contribution < -0.4 is 0 Å². The summed E-state index contributed by atoms with van der Waals surface area (Å²) in [5.74, 6) is -0.536. The number of esters is 1. The van der Waals surface area contributed by atoms with Gasteiger partial charge in [0, 0.05) is 18.1 Å². The number of ether oxygens (including phenoxy) is 1. The number of carbonyl (C=O) groups is 1. The molecule has 5 nitrogen and oxygen atoms in total. The van der Waals surface area contributed by atoms with Crippen molar-refractivity contribution in [2.24, 2.45) is 0 Å². The van der Waals surface area contributed by atoms with Crippen LogP contribution in [0.15, 0.2) is 30.3 Å². The number of rotatable bonds is 4. The molecule has 0 spiro atoms. The molecule has 0 aliphatic heterocycles. The third kappa shape index (κ3) is 3.33. The molecular weight excluding hydrogens is 278 g/mol. The molecule has 2 aromatic rings. The number of benzene rings is 1. The molecule has 0 amide bonds. The molecule has 0 N–H and O–H groups in total. The predicted octanol–water partition coefficient (Wildman–Crippen LogP) is 1.61. The molecular formula is C14H15NO4S. The van der Waals surface area contributed by atoms with Crippen molar-refractivity contribution >= 4 is 26.6 Å². The van der Waals surface area contributed by atoms with Gasteiger partial charge in [0.15, 0.2) is 0 Å². The van der Waals surface area contributed by atoms with E-state index in [4.69, 9.17) is 0 Å². The summed E-state index contributed by atoms with van der Waals surface area (Å²) in [5, 5.41) is 1.69. The van der Waals surface area contributed by atoms with Gasteiger partial charge in [-0.05, 0) is 11.5 Å². The van der Waals surface area contributed by atoms with Crippen molar-refractivity contribution in [2.75, 3.05) is 19.1 Å². The van der Waals surface area contributed by atoms with E-state index in [1.165, 1.54) is 13.4 Å². The van der Waals surface area contributed by atoms with Crippen LogP contribution in [0.3, 0.4) is 0 Å². The molecule has 0 aliphatic carbocycles. The fourth-order valence-electron chi connectivity index (χ4n) is 1.95. The molecule has 0 bridgehead atoms. The highest BCUT2D eigenvalue weighted by Crippen LogP contribution is 2.19. The van der Waals surface area contributed by atoms with Crippen molar-refractivity contribution in [3.63, 3.8) is 0 Å². The Morgan fingerprint density at radius 2 is 2.00 bits per heavy atom. The van der Waals surface area contributed by atoms with Gasteiger partial charge in [-0.2, -0.15) is 0 Å². The van der Waals surface area contributed by atoms with Crippen LogP contribution in [0, 0.1) is 0 Å². The number of sulfone groups is 1. The average Bonchev–Trinajstić information content (AvgIpc) is 2.42. The smallest absolute Gasteiger partial charge is 0.356 e. The monoisotopic (exact) mass is 293 g/mol. The average molecular weight is 293 g/mol. The fraction of sp³-hybridized carbons (Fsp3) is 0.286. The minimum Gasteiger partial charge on any atom is -0.464 e. The number of pyridine rings is 1. The van der Waals surface area contributed by atoms with E-state index in [-0.39, 0.29) is 17.9 Å². The normalized spacial score (nSPS) is 11.5. The quantitative estimate of drug-likeness (QED) is 0.801. The third-order valence-electron chi connectivity index (χ3n) is 2.92. The second kappa shape index (κ2) is 5.58. The Morgan fingerprint density at radius 3 is 2.65 bits per heavy atom. The molecule has 0 radical (unpaired) electrons. The number of hydrogen-bond donors (Lipinski definition) is 0. The summed E-state index contributed by atoms with van der Waals surface area (Å²) in [6.45, 7) is 0. The Labute approximate surface area is 117 Å². The molecule has 0 unspecified atom stereocenters. The van der Waals surface area contributed by atoms with E-state index in [9.17, 15) is 13.2 Å². The van der Waals surface area contributed by atoms with Crippen LogP contribution in [-0.2, 0) is 21.0 Å². The number of fused-ring (bicyclic) bond motifs is 1. The Balaban J connectivity index is 2.52. The van der Waals surface area contributed by atoms with E-state index >= 15 is 0 Å². The van der Waals surface area contributed by atoms with Crippen LogP contribution in [0.2, 0.25) is 0 Å². The van der Waals surface area contributed by atoms with Gasteiger partial charge in [0.1, 0.15) is 15.5 Å². The topological polar surface area (TPSA) is 73.3 Å². The zero-order chi connectivity index (χ0) is 14.8. The van der Waals surface area contributed by atoms with Gasteiger partial charge in [0.05, 0.1) is 18.6 Å². The van der Waals surface area contributed by atoms with Crippen LogP contribution in [0.5, 0.6) is 0 Å². The lowest BCUT2D eigenvalue weighted by Crippen LogP contribution is -2.11. The first kappa shape index (κ1) is 14.5. The molecule has 20 heavy (non-hydrogen) atoms. The molecule has 0 fully saturated rings. The minimum absolute atomic E-state index is 0.00534. The van der Waals surface area contributed by atoms with Crippen molar-refractivity contribution in [3.8, 4) is 0 Å². The molecule has 1 heterocycles. The Morgan fingerprint density at radius 1 is 1.30 bits per heavy atom. The van der Waals surface area contributed by atoms with Crippen LogP contribution >= 0.6 is 0 Å². The van der Waals surface area contributed by atoms with Crippen molar-refractivity contribution in [3.05, 3.63) is 41.7 Å². The molecule has 0 aliphatic rings. The van der Waals surface area contributed by atoms with Gasteiger partial charge in [0.2, 0.25) is 0 Å². The molecule has 2 rings (SSSR count). The summed E-state index contributed by atoms with van der Waals surface area (Å²) in [5.41, 5.74) is 0.781. The van der Waals surface area contributed by atoms with Gasteiger partial charge >= 0.3 is 5.97 Å². The highest BCUT2D eigenvalue weighted by Gasteiger charge is 2.13. The summed E-state index contributed by atoms with van der Waals surface area (Å²) in [6.07, 6.45) is 1.45. The zero-order valence-electron chi connectivity index (χ0n) is 11.3. The lowest BCUT2D eigenvalue weighted by Gasteiger charge is -2.08. The number of aromatic nitrogens is 1. The first-order valence-corrected chi connectivity index (χ1v) is 8.11. The number of carbonyl (C=O) groups excluding carboxylic acids is 1. The highest BCUT2D eigenvalue weighted by atomic mass is 32.2. The summed E-state index contributed by atoms with van der Waals surface area (Å²) in [7, 11) is -1.80. The van der Waals surface area contributed by atoms with E-state index < -0.39 is 15.8 Å². The maximum atomic E-state index is 11.6. The van der Waals surface area contributed by atoms with E-state index in [1.807, 2.05) is 24.3 Å². The van der Waals surface area contributed by atoms with Crippen molar-refractivity contribution in [2.45, 2.75) is 6.42 Å². The Bertz CT molecular complexity index is 753. The highest BCUT2D eigenvalue weighted by molar-refractivity contribution is 7.90. The number of nitrogens with zero attached hydrogens (tertiary/aromatic N) is 1. The molecule has 106 valence electrons. The largest absolute Gasteiger partial charge is 0.464 e. The Kier molecular flexibility index (Phi) is 4.04. The number of aryl methyl sites for hydroxylation is 1. The summed E-state index contributed by atoms with van der Waals surface area (Å²) in [6, 6.07) is 9.06. The fourth-order valence-corrected chi connectivity index (χ4v) is 2.52. The molecule has 1 aromatic carbocycles. The summed E-state index contributed by atoms with van der Waals surface area (Å²) < 4.78 is 27.3. The van der Waals surface area contributed by atoms with Crippen molar-refractivity contribution in [1.29, 1.82) is 0 Å². The van der Waals surface area contributed by atoms with E-state index in [1.54, 1.807) is 6.07 Å². The lowest BCUT2D eigenvalue weighted by atomic mass is 10.1. The maximum Gasteiger partial charge on any atom is 0.356 e. The van der Waals surface area contributed by atoms with Crippen molar-refractivity contribution in [1.82, 2.24) is 4.98 Å². The van der Waals surface area contributed by atoms with Crippen LogP contribution in [-0.4, -0.2) is 38.5 Å². The first-order chi connectivity index (χ1) is 9.40. The minimum atomic E-state index is -3.09. The number of hydrogen-bond acceptors (Lipinski definition) is 5. The van der Waals surface area contributed by atoms with Gasteiger partial charge in [-0.25, -0.2) is 18.2 Å². The Hall–Kier alpha value is -1.95. The lowest BCUT2D eigenvalue weighted by molar-refractivity contribution is 0.0594. The first-order valence-electron chi connectivity index (χ1n) is 6.05. The van der Waals surface area contributed by atoms with Gasteiger partial charge in [0.25, 0.3) is 0 Å². The van der Waals surface area contributed by atoms with Gasteiger partial charge in [-0.15, -0.1) is 0 Å². The SMILES string of the molecule is COC(=O)c1cc2ccccc2c(CCS(C)(=O)=O)n1. The second-order valence-corrected chi connectivity index (χ2v) is 6.81. The maximum absolute atomic E-state index is 11.6. The van der Waals surface area contributed by atoms with Gasteiger partial charge in [-0.3, -0.25) is 0 Å². The van der Waals surface area contributed by atoms with Gasteiger partial charge < -0.3 is 4.74 Å².